The average Bonchev–Trinajstić information content (AvgIpc) is 2.38. The molecule has 3 N–H and O–H groups in total. The van der Waals surface area contributed by atoms with Gasteiger partial charge in [-0.05, 0) is 29.3 Å². The summed E-state index contributed by atoms with van der Waals surface area (Å²) in [6, 6.07) is 1.93. The first-order valence-corrected chi connectivity index (χ1v) is 4.03. The van der Waals surface area contributed by atoms with E-state index in [0.29, 0.717) is 0 Å². The van der Waals surface area contributed by atoms with E-state index in [1.54, 1.807) is 11.3 Å². The van der Waals surface area contributed by atoms with Crippen LogP contribution in [-0.2, 0) is 5.54 Å². The van der Waals surface area contributed by atoms with Crippen LogP contribution in [0.5, 0.6) is 0 Å². The number of nitrogens with two attached hydrogens (primary N) is 1. The second-order valence-corrected chi connectivity index (χ2v) is 3.37. The largest absolute Gasteiger partial charge is 0.394 e. The molecule has 3 heteroatoms. The molecule has 1 heterocycles. The molecule has 0 aromatic carbocycles. The quantitative estimate of drug-likeness (QED) is 0.670. The molecule has 0 amide bonds. The molecular weight excluding hydrogens is 146 g/mol. The van der Waals surface area contributed by atoms with Crippen LogP contribution in [0.3, 0.4) is 0 Å². The van der Waals surface area contributed by atoms with Gasteiger partial charge in [-0.2, -0.15) is 11.3 Å². The van der Waals surface area contributed by atoms with E-state index in [-0.39, 0.29) is 6.61 Å². The van der Waals surface area contributed by atoms with Crippen LogP contribution in [-0.4, -0.2) is 11.7 Å². The molecule has 0 saturated carbocycles. The molecule has 1 aromatic heterocycles. The number of hydrogen-bond acceptors (Lipinski definition) is 3. The molecule has 0 aliphatic rings. The van der Waals surface area contributed by atoms with Gasteiger partial charge in [0.2, 0.25) is 0 Å². The van der Waals surface area contributed by atoms with Crippen LogP contribution in [0.4, 0.5) is 0 Å². The van der Waals surface area contributed by atoms with Crippen molar-refractivity contribution in [1.29, 1.82) is 0 Å². The van der Waals surface area contributed by atoms with E-state index in [1.165, 1.54) is 0 Å². The fourth-order valence-electron chi connectivity index (χ4n) is 0.681. The monoisotopic (exact) mass is 157 g/mol. The summed E-state index contributed by atoms with van der Waals surface area (Å²) in [5, 5.41) is 12.8. The first-order chi connectivity index (χ1) is 4.67. The lowest BCUT2D eigenvalue weighted by Gasteiger charge is -2.19. The fourth-order valence-corrected chi connectivity index (χ4v) is 1.48. The van der Waals surface area contributed by atoms with E-state index >= 15 is 0 Å². The van der Waals surface area contributed by atoms with E-state index in [9.17, 15) is 0 Å². The van der Waals surface area contributed by atoms with Crippen molar-refractivity contribution in [3.05, 3.63) is 22.4 Å². The van der Waals surface area contributed by atoms with Crippen LogP contribution in [0.1, 0.15) is 12.5 Å². The predicted octanol–water partition coefficient (Wildman–Crippen LogP) is 0.914. The lowest BCUT2D eigenvalue weighted by atomic mass is 9.98. The second-order valence-electron chi connectivity index (χ2n) is 2.59. The Morgan fingerprint density at radius 2 is 2.50 bits per heavy atom. The summed E-state index contributed by atoms with van der Waals surface area (Å²) in [5.41, 5.74) is 6.17. The Balaban J connectivity index is 2.85. The van der Waals surface area contributed by atoms with Crippen molar-refractivity contribution < 1.29 is 5.11 Å². The Morgan fingerprint density at radius 1 is 1.80 bits per heavy atom. The van der Waals surface area contributed by atoms with Gasteiger partial charge >= 0.3 is 0 Å². The molecule has 10 heavy (non-hydrogen) atoms. The van der Waals surface area contributed by atoms with Crippen LogP contribution in [0, 0.1) is 0 Å². The number of aliphatic hydroxyl groups excluding tert-OH is 1. The van der Waals surface area contributed by atoms with Crippen LogP contribution in [0.2, 0.25) is 0 Å². The average molecular weight is 157 g/mol. The Morgan fingerprint density at radius 3 is 2.90 bits per heavy atom. The highest BCUT2D eigenvalue weighted by molar-refractivity contribution is 7.08. The maximum absolute atomic E-state index is 8.85. The maximum atomic E-state index is 8.85. The molecule has 0 spiro atoms. The number of rotatable bonds is 2. The molecule has 0 bridgehead atoms. The standard InChI is InChI=1S/C7H11NOS/c1-7(8,5-9)6-2-3-10-4-6/h2-4,9H,5,8H2,1H3. The van der Waals surface area contributed by atoms with Crippen LogP contribution < -0.4 is 5.73 Å². The number of aliphatic hydroxyl groups is 1. The van der Waals surface area contributed by atoms with E-state index in [1.807, 2.05) is 23.8 Å². The summed E-state index contributed by atoms with van der Waals surface area (Å²) in [6.45, 7) is 1.80. The predicted molar refractivity (Wildman–Crippen MR) is 42.9 cm³/mol. The molecular formula is C7H11NOS. The Labute approximate surface area is 64.3 Å². The summed E-state index contributed by atoms with van der Waals surface area (Å²) < 4.78 is 0. The Kier molecular flexibility index (Phi) is 2.08. The highest BCUT2D eigenvalue weighted by atomic mass is 32.1. The van der Waals surface area contributed by atoms with Crippen LogP contribution in [0.25, 0.3) is 0 Å². The zero-order valence-corrected chi connectivity index (χ0v) is 6.69. The molecule has 1 unspecified atom stereocenters. The minimum Gasteiger partial charge on any atom is -0.394 e. The van der Waals surface area contributed by atoms with E-state index < -0.39 is 5.54 Å². The van der Waals surface area contributed by atoms with Gasteiger partial charge in [0.1, 0.15) is 0 Å². The van der Waals surface area contributed by atoms with Crippen molar-refractivity contribution >= 4 is 11.3 Å². The summed E-state index contributed by atoms with van der Waals surface area (Å²) >= 11 is 1.59. The van der Waals surface area contributed by atoms with Crippen molar-refractivity contribution in [3.63, 3.8) is 0 Å². The van der Waals surface area contributed by atoms with Crippen molar-refractivity contribution in [2.75, 3.05) is 6.61 Å². The molecule has 1 rings (SSSR count). The summed E-state index contributed by atoms with van der Waals surface area (Å²) in [7, 11) is 0. The van der Waals surface area contributed by atoms with Crippen molar-refractivity contribution in [3.8, 4) is 0 Å². The Hall–Kier alpha value is -0.380. The van der Waals surface area contributed by atoms with Crippen molar-refractivity contribution in [2.45, 2.75) is 12.5 Å². The third-order valence-corrected chi connectivity index (χ3v) is 2.19. The molecule has 2 nitrogen and oxygen atoms in total. The topological polar surface area (TPSA) is 46.2 Å². The third kappa shape index (κ3) is 1.37. The highest BCUT2D eigenvalue weighted by Crippen LogP contribution is 2.19. The number of hydrogen-bond donors (Lipinski definition) is 2. The van der Waals surface area contributed by atoms with Gasteiger partial charge in [0.25, 0.3) is 0 Å². The van der Waals surface area contributed by atoms with Gasteiger partial charge in [-0.25, -0.2) is 0 Å². The second kappa shape index (κ2) is 2.70. The molecule has 56 valence electrons. The van der Waals surface area contributed by atoms with E-state index in [4.69, 9.17) is 10.8 Å². The highest BCUT2D eigenvalue weighted by Gasteiger charge is 2.19. The van der Waals surface area contributed by atoms with E-state index in [2.05, 4.69) is 0 Å². The normalized spacial score (nSPS) is 16.7. The first-order valence-electron chi connectivity index (χ1n) is 3.09. The van der Waals surface area contributed by atoms with E-state index in [0.717, 1.165) is 5.56 Å². The zero-order valence-electron chi connectivity index (χ0n) is 5.87. The third-order valence-electron chi connectivity index (χ3n) is 1.51. The van der Waals surface area contributed by atoms with Gasteiger partial charge in [0.05, 0.1) is 12.1 Å². The summed E-state index contributed by atoms with van der Waals surface area (Å²) in [6.07, 6.45) is 0. The minimum atomic E-state index is -0.569. The van der Waals surface area contributed by atoms with Gasteiger partial charge < -0.3 is 10.8 Å². The van der Waals surface area contributed by atoms with Crippen LogP contribution in [0.15, 0.2) is 16.8 Å². The van der Waals surface area contributed by atoms with Crippen molar-refractivity contribution in [2.24, 2.45) is 5.73 Å². The van der Waals surface area contributed by atoms with Crippen LogP contribution >= 0.6 is 11.3 Å². The fraction of sp³-hybridized carbons (Fsp3) is 0.429. The van der Waals surface area contributed by atoms with Gasteiger partial charge in [-0.3, -0.25) is 0 Å². The molecule has 0 radical (unpaired) electrons. The maximum Gasteiger partial charge on any atom is 0.0650 e. The Bertz CT molecular complexity index is 193. The lowest BCUT2D eigenvalue weighted by molar-refractivity contribution is 0.210. The molecule has 0 aliphatic heterocycles. The lowest BCUT2D eigenvalue weighted by Crippen LogP contribution is -2.36. The van der Waals surface area contributed by atoms with Gasteiger partial charge in [0.15, 0.2) is 0 Å². The van der Waals surface area contributed by atoms with Gasteiger partial charge in [0, 0.05) is 0 Å². The number of thiophene rings is 1. The summed E-state index contributed by atoms with van der Waals surface area (Å²) in [4.78, 5) is 0. The van der Waals surface area contributed by atoms with Crippen molar-refractivity contribution in [1.82, 2.24) is 0 Å². The molecule has 0 aliphatic carbocycles. The molecule has 0 fully saturated rings. The SMILES string of the molecule is CC(N)(CO)c1ccsc1. The van der Waals surface area contributed by atoms with Gasteiger partial charge in [-0.1, -0.05) is 0 Å². The first kappa shape index (κ1) is 7.72. The molecule has 1 aromatic rings. The minimum absolute atomic E-state index is 0.0102. The molecule has 1 atom stereocenters. The summed E-state index contributed by atoms with van der Waals surface area (Å²) in [5.74, 6) is 0. The zero-order chi connectivity index (χ0) is 7.61. The van der Waals surface area contributed by atoms with Gasteiger partial charge in [-0.15, -0.1) is 0 Å². The smallest absolute Gasteiger partial charge is 0.0650 e. The molecule has 0 saturated heterocycles.